The Labute approximate surface area is 141 Å². The van der Waals surface area contributed by atoms with Crippen molar-refractivity contribution < 1.29 is 13.2 Å². The minimum absolute atomic E-state index is 0.187. The molecule has 0 radical (unpaired) electrons. The highest BCUT2D eigenvalue weighted by atomic mass is 19.4. The van der Waals surface area contributed by atoms with Gasteiger partial charge in [0, 0.05) is 5.92 Å². The highest BCUT2D eigenvalue weighted by Gasteiger charge is 2.33. The molecule has 1 nitrogen and oxygen atoms in total. The maximum atomic E-state index is 13.0. The Balaban J connectivity index is 1.97. The zero-order chi connectivity index (χ0) is 17.3. The summed E-state index contributed by atoms with van der Waals surface area (Å²) in [7, 11) is 4.08. The van der Waals surface area contributed by atoms with Crippen LogP contribution in [-0.4, -0.2) is 25.5 Å². The second-order valence-corrected chi connectivity index (χ2v) is 6.79. The average molecular weight is 333 g/mol. The van der Waals surface area contributed by atoms with Gasteiger partial charge in [-0.1, -0.05) is 30.3 Å². The number of benzene rings is 2. The maximum Gasteiger partial charge on any atom is 0.416 e. The van der Waals surface area contributed by atoms with Crippen LogP contribution in [0.3, 0.4) is 0 Å². The second-order valence-electron chi connectivity index (χ2n) is 6.79. The fourth-order valence-corrected chi connectivity index (χ4v) is 3.61. The molecule has 4 heteroatoms. The Morgan fingerprint density at radius 3 is 2.42 bits per heavy atom. The monoisotopic (exact) mass is 333 g/mol. The van der Waals surface area contributed by atoms with Crippen molar-refractivity contribution in [3.63, 3.8) is 0 Å². The third-order valence-electron chi connectivity index (χ3n) is 4.76. The number of hydrogen-bond donors (Lipinski definition) is 0. The first-order valence-corrected chi connectivity index (χ1v) is 8.29. The van der Waals surface area contributed by atoms with Gasteiger partial charge in [0.15, 0.2) is 0 Å². The molecular formula is C20H22F3N. The molecule has 2 aromatic rings. The van der Waals surface area contributed by atoms with Crippen LogP contribution in [0.2, 0.25) is 0 Å². The maximum absolute atomic E-state index is 13.0. The van der Waals surface area contributed by atoms with E-state index < -0.39 is 11.7 Å². The highest BCUT2D eigenvalue weighted by molar-refractivity contribution is 5.50. The van der Waals surface area contributed by atoms with E-state index in [4.69, 9.17) is 0 Å². The largest absolute Gasteiger partial charge is 0.416 e. The van der Waals surface area contributed by atoms with E-state index in [1.165, 1.54) is 17.7 Å². The minimum atomic E-state index is -4.29. The van der Waals surface area contributed by atoms with Gasteiger partial charge >= 0.3 is 6.18 Å². The van der Waals surface area contributed by atoms with Gasteiger partial charge in [0.2, 0.25) is 0 Å². The van der Waals surface area contributed by atoms with Crippen molar-refractivity contribution in [2.24, 2.45) is 0 Å². The third kappa shape index (κ3) is 3.48. The molecule has 1 aliphatic rings. The van der Waals surface area contributed by atoms with Gasteiger partial charge < -0.3 is 4.90 Å². The summed E-state index contributed by atoms with van der Waals surface area (Å²) >= 11 is 0. The molecule has 0 N–H and O–H groups in total. The molecule has 0 saturated heterocycles. The lowest BCUT2D eigenvalue weighted by molar-refractivity contribution is -0.137. The molecule has 1 atom stereocenters. The summed E-state index contributed by atoms with van der Waals surface area (Å²) in [5.41, 5.74) is 3.74. The molecule has 3 rings (SSSR count). The summed E-state index contributed by atoms with van der Waals surface area (Å²) in [6.45, 7) is 0.981. The van der Waals surface area contributed by atoms with Crippen LogP contribution in [0.1, 0.15) is 46.6 Å². The topological polar surface area (TPSA) is 3.24 Å². The van der Waals surface area contributed by atoms with Crippen LogP contribution in [0.25, 0.3) is 0 Å². The Morgan fingerprint density at radius 2 is 1.71 bits per heavy atom. The SMILES string of the molecule is CN(C)CCCC1c2ccccc2Cc2cc(C(F)(F)F)ccc21. The predicted octanol–water partition coefficient (Wildman–Crippen LogP) is 5.08. The number of nitrogens with zero attached hydrogens (tertiary/aromatic N) is 1. The number of halogens is 3. The lowest BCUT2D eigenvalue weighted by Crippen LogP contribution is -2.18. The van der Waals surface area contributed by atoms with Crippen molar-refractivity contribution in [2.75, 3.05) is 20.6 Å². The van der Waals surface area contributed by atoms with Gasteiger partial charge in [-0.15, -0.1) is 0 Å². The molecular weight excluding hydrogens is 311 g/mol. The molecule has 1 aliphatic carbocycles. The minimum Gasteiger partial charge on any atom is -0.309 e. The molecule has 1 unspecified atom stereocenters. The van der Waals surface area contributed by atoms with E-state index in [-0.39, 0.29) is 5.92 Å². The van der Waals surface area contributed by atoms with Gasteiger partial charge in [-0.25, -0.2) is 0 Å². The Morgan fingerprint density at radius 1 is 1.00 bits per heavy atom. The smallest absolute Gasteiger partial charge is 0.309 e. The highest BCUT2D eigenvalue weighted by Crippen LogP contribution is 2.41. The van der Waals surface area contributed by atoms with E-state index in [1.807, 2.05) is 32.3 Å². The van der Waals surface area contributed by atoms with E-state index >= 15 is 0 Å². The van der Waals surface area contributed by atoms with Gasteiger partial charge in [-0.3, -0.25) is 0 Å². The van der Waals surface area contributed by atoms with Crippen molar-refractivity contribution in [3.05, 3.63) is 70.3 Å². The van der Waals surface area contributed by atoms with Crippen molar-refractivity contribution in [1.82, 2.24) is 4.90 Å². The molecule has 128 valence electrons. The van der Waals surface area contributed by atoms with Crippen molar-refractivity contribution in [3.8, 4) is 0 Å². The number of fused-ring (bicyclic) bond motifs is 2. The summed E-state index contributed by atoms with van der Waals surface area (Å²) in [4.78, 5) is 2.14. The third-order valence-corrected chi connectivity index (χ3v) is 4.76. The molecule has 24 heavy (non-hydrogen) atoms. The van der Waals surface area contributed by atoms with Crippen LogP contribution in [0.5, 0.6) is 0 Å². The number of rotatable bonds is 4. The summed E-state index contributed by atoms with van der Waals surface area (Å²) in [6, 6.07) is 12.4. The molecule has 0 fully saturated rings. The number of alkyl halides is 3. The molecule has 0 aliphatic heterocycles. The van der Waals surface area contributed by atoms with Crippen LogP contribution in [0.4, 0.5) is 13.2 Å². The number of hydrogen-bond acceptors (Lipinski definition) is 1. The first-order chi connectivity index (χ1) is 11.4. The quantitative estimate of drug-likeness (QED) is 0.754. The first kappa shape index (κ1) is 17.0. The van der Waals surface area contributed by atoms with E-state index in [9.17, 15) is 13.2 Å². The zero-order valence-corrected chi connectivity index (χ0v) is 14.0. The van der Waals surface area contributed by atoms with Crippen LogP contribution >= 0.6 is 0 Å². The molecule has 0 heterocycles. The lowest BCUT2D eigenvalue weighted by atomic mass is 9.75. The summed E-state index contributed by atoms with van der Waals surface area (Å²) in [6.07, 6.45) is -1.73. The lowest BCUT2D eigenvalue weighted by Gasteiger charge is -2.29. The molecule has 0 aromatic heterocycles. The zero-order valence-electron chi connectivity index (χ0n) is 14.0. The molecule has 0 spiro atoms. The molecule has 0 amide bonds. The second kappa shape index (κ2) is 6.60. The van der Waals surface area contributed by atoms with E-state index in [0.29, 0.717) is 6.42 Å². The van der Waals surface area contributed by atoms with Gasteiger partial charge in [0.1, 0.15) is 0 Å². The Kier molecular flexibility index (Phi) is 4.68. The average Bonchev–Trinajstić information content (AvgIpc) is 2.52. The van der Waals surface area contributed by atoms with Crippen molar-refractivity contribution >= 4 is 0 Å². The summed E-state index contributed by atoms with van der Waals surface area (Å²) in [5, 5.41) is 0. The van der Waals surface area contributed by atoms with E-state index in [0.717, 1.165) is 36.1 Å². The standard InChI is InChI=1S/C20H22F3N/c1-24(2)11-5-8-19-17-7-4-3-6-14(17)12-15-13-16(20(21,22)23)9-10-18(15)19/h3-4,6-7,9-10,13,19H,5,8,11-12H2,1-2H3. The van der Waals surface area contributed by atoms with Crippen LogP contribution in [-0.2, 0) is 12.6 Å². The summed E-state index contributed by atoms with van der Waals surface area (Å²) < 4.78 is 39.1. The van der Waals surface area contributed by atoms with Crippen LogP contribution in [0, 0.1) is 0 Å². The van der Waals surface area contributed by atoms with Gasteiger partial charge in [0.05, 0.1) is 5.56 Å². The Bertz CT molecular complexity index is 719. The van der Waals surface area contributed by atoms with E-state index in [1.54, 1.807) is 6.07 Å². The molecule has 0 bridgehead atoms. The van der Waals surface area contributed by atoms with Crippen LogP contribution in [0.15, 0.2) is 42.5 Å². The van der Waals surface area contributed by atoms with Gasteiger partial charge in [0.25, 0.3) is 0 Å². The van der Waals surface area contributed by atoms with Crippen LogP contribution < -0.4 is 0 Å². The van der Waals surface area contributed by atoms with Gasteiger partial charge in [-0.2, -0.15) is 13.2 Å². The van der Waals surface area contributed by atoms with Crippen molar-refractivity contribution in [2.45, 2.75) is 31.4 Å². The normalized spacial score (nSPS) is 16.8. The molecule has 2 aromatic carbocycles. The first-order valence-electron chi connectivity index (χ1n) is 8.29. The van der Waals surface area contributed by atoms with Crippen molar-refractivity contribution in [1.29, 1.82) is 0 Å². The van der Waals surface area contributed by atoms with Gasteiger partial charge in [-0.05, 0) is 74.3 Å². The Hall–Kier alpha value is -1.81. The fourth-order valence-electron chi connectivity index (χ4n) is 3.61. The predicted molar refractivity (Wildman–Crippen MR) is 90.3 cm³/mol. The van der Waals surface area contributed by atoms with E-state index in [2.05, 4.69) is 11.0 Å². The molecule has 0 saturated carbocycles. The summed E-state index contributed by atoms with van der Waals surface area (Å²) in [5.74, 6) is 0.187. The fraction of sp³-hybridized carbons (Fsp3) is 0.400.